The molecule has 0 aromatic heterocycles. The number of nitrogens with one attached hydrogen (secondary N) is 1. The molecule has 0 radical (unpaired) electrons. The van der Waals surface area contributed by atoms with Crippen LogP contribution in [-0.2, 0) is 15.0 Å². The predicted molar refractivity (Wildman–Crippen MR) is 77.4 cm³/mol. The van der Waals surface area contributed by atoms with Crippen LogP contribution in [0, 0.1) is 0 Å². The second-order valence-corrected chi connectivity index (χ2v) is 7.44. The van der Waals surface area contributed by atoms with E-state index in [2.05, 4.69) is 5.32 Å². The Bertz CT molecular complexity index is 430. The molecule has 2 aliphatic heterocycles. The van der Waals surface area contributed by atoms with Gasteiger partial charge in [0.1, 0.15) is 6.04 Å². The lowest BCUT2D eigenvalue weighted by Crippen LogP contribution is -2.55. The monoisotopic (exact) mass is 303 g/mol. The number of likely N-dealkylation sites (N-methyl/N-ethyl adjacent to an activating group) is 1. The van der Waals surface area contributed by atoms with Gasteiger partial charge in [-0.05, 0) is 25.7 Å². The molecule has 2 aliphatic rings. The maximum atomic E-state index is 12.8. The van der Waals surface area contributed by atoms with Gasteiger partial charge in [-0.3, -0.25) is 4.79 Å². The molecule has 0 aromatic rings. The van der Waals surface area contributed by atoms with Crippen molar-refractivity contribution in [2.24, 2.45) is 0 Å². The lowest BCUT2D eigenvalue weighted by molar-refractivity contribution is -0.125. The quantitative estimate of drug-likeness (QED) is 0.835. The van der Waals surface area contributed by atoms with E-state index in [9.17, 15) is 13.2 Å². The first-order chi connectivity index (χ1) is 9.57. The minimum absolute atomic E-state index is 0.192. The highest BCUT2D eigenvalue weighted by Gasteiger charge is 2.39. The number of rotatable bonds is 3. The summed E-state index contributed by atoms with van der Waals surface area (Å²) in [5.74, 6) is -0.192. The van der Waals surface area contributed by atoms with Gasteiger partial charge in [0.05, 0.1) is 0 Å². The van der Waals surface area contributed by atoms with Crippen LogP contribution in [-0.4, -0.2) is 55.7 Å². The zero-order valence-corrected chi connectivity index (χ0v) is 13.0. The number of carbonyl (C=O) groups excluding carboxylic acids is 1. The van der Waals surface area contributed by atoms with Gasteiger partial charge < -0.3 is 5.32 Å². The molecule has 1 amide bonds. The largest absolute Gasteiger partial charge is 0.358 e. The third-order valence-electron chi connectivity index (χ3n) is 4.19. The molecule has 1 unspecified atom stereocenters. The van der Waals surface area contributed by atoms with Gasteiger partial charge in [0, 0.05) is 26.7 Å². The van der Waals surface area contributed by atoms with Crippen LogP contribution in [0.5, 0.6) is 0 Å². The lowest BCUT2D eigenvalue weighted by Gasteiger charge is -2.36. The Morgan fingerprint density at radius 3 is 2.20 bits per heavy atom. The number of amides is 1. The molecular weight excluding hydrogens is 278 g/mol. The molecular formula is C13H25N3O3S. The second-order valence-electron chi connectivity index (χ2n) is 5.56. The minimum Gasteiger partial charge on any atom is -0.358 e. The first-order valence-electron chi connectivity index (χ1n) is 7.56. The Hall–Kier alpha value is -0.660. The van der Waals surface area contributed by atoms with Crippen molar-refractivity contribution in [3.8, 4) is 0 Å². The molecule has 1 N–H and O–H groups in total. The van der Waals surface area contributed by atoms with E-state index in [1.54, 1.807) is 11.4 Å². The van der Waals surface area contributed by atoms with Crippen LogP contribution in [0.1, 0.15) is 44.9 Å². The van der Waals surface area contributed by atoms with E-state index in [1.807, 2.05) is 0 Å². The molecule has 0 aliphatic carbocycles. The molecule has 0 bridgehead atoms. The average molecular weight is 303 g/mol. The number of hydrogen-bond donors (Lipinski definition) is 1. The Morgan fingerprint density at radius 2 is 1.60 bits per heavy atom. The van der Waals surface area contributed by atoms with Crippen LogP contribution in [0.2, 0.25) is 0 Å². The summed E-state index contributed by atoms with van der Waals surface area (Å²) in [7, 11) is -1.94. The van der Waals surface area contributed by atoms with Crippen molar-refractivity contribution in [3.63, 3.8) is 0 Å². The molecule has 7 heteroatoms. The van der Waals surface area contributed by atoms with E-state index in [0.717, 1.165) is 38.5 Å². The van der Waals surface area contributed by atoms with Gasteiger partial charge in [-0.2, -0.15) is 17.0 Å². The maximum absolute atomic E-state index is 12.8. The van der Waals surface area contributed by atoms with Crippen LogP contribution < -0.4 is 5.32 Å². The van der Waals surface area contributed by atoms with Crippen LogP contribution in [0.3, 0.4) is 0 Å². The molecule has 2 fully saturated rings. The summed E-state index contributed by atoms with van der Waals surface area (Å²) in [6.45, 7) is 1.62. The van der Waals surface area contributed by atoms with Crippen molar-refractivity contribution in [3.05, 3.63) is 0 Å². The smallest absolute Gasteiger partial charge is 0.282 e. The van der Waals surface area contributed by atoms with E-state index >= 15 is 0 Å². The summed E-state index contributed by atoms with van der Waals surface area (Å²) in [6, 6.07) is -0.540. The molecule has 0 aromatic carbocycles. The molecule has 20 heavy (non-hydrogen) atoms. The Morgan fingerprint density at radius 1 is 1.00 bits per heavy atom. The van der Waals surface area contributed by atoms with Crippen molar-refractivity contribution in [1.82, 2.24) is 13.9 Å². The van der Waals surface area contributed by atoms with Crippen molar-refractivity contribution in [2.45, 2.75) is 51.0 Å². The highest BCUT2D eigenvalue weighted by Crippen LogP contribution is 2.24. The standard InChI is InChI=1S/C13H25N3O3S/c1-14-13(17)12-8-4-7-11-16(12)20(18,19)15-9-5-2-3-6-10-15/h12H,2-11H2,1H3,(H,14,17). The van der Waals surface area contributed by atoms with Crippen molar-refractivity contribution < 1.29 is 13.2 Å². The summed E-state index contributed by atoms with van der Waals surface area (Å²) in [5.41, 5.74) is 0. The fourth-order valence-corrected chi connectivity index (χ4v) is 4.93. The lowest BCUT2D eigenvalue weighted by atomic mass is 10.0. The first kappa shape index (κ1) is 15.7. The number of hydrogen-bond acceptors (Lipinski definition) is 3. The molecule has 2 rings (SSSR count). The van der Waals surface area contributed by atoms with Crippen LogP contribution >= 0.6 is 0 Å². The predicted octanol–water partition coefficient (Wildman–Crippen LogP) is 0.708. The second kappa shape index (κ2) is 6.87. The number of nitrogens with zero attached hydrogens (tertiary/aromatic N) is 2. The van der Waals surface area contributed by atoms with Crippen LogP contribution in [0.4, 0.5) is 0 Å². The van der Waals surface area contributed by atoms with Crippen molar-refractivity contribution >= 4 is 16.1 Å². The molecule has 116 valence electrons. The summed E-state index contributed by atoms with van der Waals surface area (Å²) in [4.78, 5) is 11.9. The van der Waals surface area contributed by atoms with Crippen LogP contribution in [0.15, 0.2) is 0 Å². The summed E-state index contributed by atoms with van der Waals surface area (Å²) < 4.78 is 28.6. The normalized spacial score (nSPS) is 26.9. The summed E-state index contributed by atoms with van der Waals surface area (Å²) in [5, 5.41) is 2.59. The fraction of sp³-hybridized carbons (Fsp3) is 0.923. The zero-order valence-electron chi connectivity index (χ0n) is 12.2. The molecule has 6 nitrogen and oxygen atoms in total. The van der Waals surface area contributed by atoms with Crippen molar-refractivity contribution in [1.29, 1.82) is 0 Å². The Labute approximate surface area is 121 Å². The Kier molecular flexibility index (Phi) is 5.40. The third kappa shape index (κ3) is 3.32. The fourth-order valence-electron chi connectivity index (χ4n) is 3.03. The molecule has 2 heterocycles. The highest BCUT2D eigenvalue weighted by atomic mass is 32.2. The van der Waals surface area contributed by atoms with E-state index in [-0.39, 0.29) is 5.91 Å². The SMILES string of the molecule is CNC(=O)C1CCCCN1S(=O)(=O)N1CCCCCC1. The van der Waals surface area contributed by atoms with E-state index in [1.165, 1.54) is 4.31 Å². The maximum Gasteiger partial charge on any atom is 0.282 e. The van der Waals surface area contributed by atoms with E-state index < -0.39 is 16.3 Å². The van der Waals surface area contributed by atoms with Gasteiger partial charge in [-0.1, -0.05) is 19.3 Å². The van der Waals surface area contributed by atoms with Gasteiger partial charge >= 0.3 is 0 Å². The molecule has 2 saturated heterocycles. The van der Waals surface area contributed by atoms with Gasteiger partial charge in [0.25, 0.3) is 10.2 Å². The highest BCUT2D eigenvalue weighted by molar-refractivity contribution is 7.86. The van der Waals surface area contributed by atoms with E-state index in [0.29, 0.717) is 26.1 Å². The van der Waals surface area contributed by atoms with Crippen molar-refractivity contribution in [2.75, 3.05) is 26.7 Å². The first-order valence-corrected chi connectivity index (χ1v) is 8.95. The van der Waals surface area contributed by atoms with E-state index in [4.69, 9.17) is 0 Å². The van der Waals surface area contributed by atoms with Gasteiger partial charge in [0.2, 0.25) is 5.91 Å². The third-order valence-corrected chi connectivity index (χ3v) is 6.24. The van der Waals surface area contributed by atoms with Gasteiger partial charge in [-0.15, -0.1) is 0 Å². The number of carbonyl (C=O) groups is 1. The summed E-state index contributed by atoms with van der Waals surface area (Å²) >= 11 is 0. The number of piperidine rings is 1. The molecule has 0 saturated carbocycles. The van der Waals surface area contributed by atoms with Gasteiger partial charge in [-0.25, -0.2) is 0 Å². The Balaban J connectivity index is 2.18. The zero-order chi connectivity index (χ0) is 14.6. The minimum atomic E-state index is -3.51. The average Bonchev–Trinajstić information content (AvgIpc) is 2.76. The summed E-state index contributed by atoms with van der Waals surface area (Å²) in [6.07, 6.45) is 6.36. The molecule has 1 atom stereocenters. The van der Waals surface area contributed by atoms with Crippen LogP contribution in [0.25, 0.3) is 0 Å². The van der Waals surface area contributed by atoms with Gasteiger partial charge in [0.15, 0.2) is 0 Å². The molecule has 0 spiro atoms. The topological polar surface area (TPSA) is 69.7 Å².